The summed E-state index contributed by atoms with van der Waals surface area (Å²) < 4.78 is 5.41. The van der Waals surface area contributed by atoms with Crippen molar-refractivity contribution in [3.63, 3.8) is 0 Å². The Kier molecular flexibility index (Phi) is 5.63. The van der Waals surface area contributed by atoms with Crippen molar-refractivity contribution in [1.82, 2.24) is 0 Å². The number of rotatable bonds is 7. The molecule has 1 unspecified atom stereocenters. The van der Waals surface area contributed by atoms with Gasteiger partial charge in [0.2, 0.25) is 0 Å². The Balaban J connectivity index is 2.23. The fourth-order valence-corrected chi connectivity index (χ4v) is 1.64. The Bertz CT molecular complexity index is 345. The highest BCUT2D eigenvalue weighted by atomic mass is 16.5. The zero-order valence-corrected chi connectivity index (χ0v) is 10.3. The van der Waals surface area contributed by atoms with E-state index >= 15 is 0 Å². The highest BCUT2D eigenvalue weighted by Crippen LogP contribution is 2.21. The van der Waals surface area contributed by atoms with Gasteiger partial charge in [0.15, 0.2) is 0 Å². The number of hydrogen-bond donors (Lipinski definition) is 1. The molecular weight excluding hydrogens is 218 g/mol. The third-order valence-electron chi connectivity index (χ3n) is 2.67. The van der Waals surface area contributed by atoms with E-state index in [0.717, 1.165) is 18.6 Å². The average Bonchev–Trinajstić information content (AvgIpc) is 2.27. The number of ether oxygens (including phenoxy) is 1. The molecule has 0 bridgehead atoms. The minimum Gasteiger partial charge on any atom is -0.493 e. The summed E-state index contributed by atoms with van der Waals surface area (Å²) in [5.41, 5.74) is 3.29. The van der Waals surface area contributed by atoms with Gasteiger partial charge in [-0.3, -0.25) is 5.73 Å². The lowest BCUT2D eigenvalue weighted by atomic mass is 9.94. The summed E-state index contributed by atoms with van der Waals surface area (Å²) in [6.45, 7) is 2.00. The molecule has 0 radical (unpaired) electrons. The van der Waals surface area contributed by atoms with Crippen LogP contribution in [0.5, 0.6) is 0 Å². The van der Waals surface area contributed by atoms with Crippen LogP contribution in [-0.2, 0) is 14.3 Å². The largest absolute Gasteiger partial charge is 0.493 e. The first kappa shape index (κ1) is 13.6. The number of allylic oxidation sites excluding steroid dienone is 3. The first-order valence-corrected chi connectivity index (χ1v) is 5.93. The van der Waals surface area contributed by atoms with Crippen LogP contribution in [0.3, 0.4) is 0 Å². The molecule has 0 aromatic heterocycles. The standard InChI is InChI=1S/C13H19NO3/c1-10(15)2-3-11-4-6-12(7-5-11)17-9-8-13(14)16/h4,6-7,11H,2-3,5,8-9H2,1H3,(H2,14,16)/p+1. The maximum absolute atomic E-state index is 10.9. The summed E-state index contributed by atoms with van der Waals surface area (Å²) in [4.78, 5) is 21.5. The maximum Gasteiger partial charge on any atom is 0.312 e. The molecule has 0 saturated carbocycles. The van der Waals surface area contributed by atoms with Crippen LogP contribution in [-0.4, -0.2) is 18.3 Å². The molecule has 0 saturated heterocycles. The molecule has 4 heteroatoms. The van der Waals surface area contributed by atoms with E-state index in [2.05, 4.69) is 11.8 Å². The van der Waals surface area contributed by atoms with Gasteiger partial charge in [0.05, 0.1) is 6.42 Å². The number of quaternary nitrogens is 1. The second kappa shape index (κ2) is 7.01. The smallest absolute Gasteiger partial charge is 0.312 e. The molecule has 0 fully saturated rings. The van der Waals surface area contributed by atoms with Crippen molar-refractivity contribution in [3.8, 4) is 0 Å². The first-order chi connectivity index (χ1) is 8.08. The summed E-state index contributed by atoms with van der Waals surface area (Å²) in [6.07, 6.45) is 8.78. The van der Waals surface area contributed by atoms with Crippen molar-refractivity contribution in [1.29, 1.82) is 0 Å². The van der Waals surface area contributed by atoms with Gasteiger partial charge in [0.25, 0.3) is 0 Å². The van der Waals surface area contributed by atoms with E-state index in [0.29, 0.717) is 25.4 Å². The Morgan fingerprint density at radius 1 is 1.47 bits per heavy atom. The van der Waals surface area contributed by atoms with Gasteiger partial charge in [0, 0.05) is 6.42 Å². The SMILES string of the molecule is CC(=O)CCC1C=CC(OCCC([NH3+])=O)=CC1. The number of carbonyl (C=O) groups is 2. The fourth-order valence-electron chi connectivity index (χ4n) is 1.64. The summed E-state index contributed by atoms with van der Waals surface area (Å²) in [5, 5.41) is 0. The van der Waals surface area contributed by atoms with Crippen LogP contribution in [0.15, 0.2) is 24.0 Å². The second-order valence-electron chi connectivity index (χ2n) is 4.34. The predicted octanol–water partition coefficient (Wildman–Crippen LogP) is 0.991. The quantitative estimate of drug-likeness (QED) is 0.719. The van der Waals surface area contributed by atoms with Crippen molar-refractivity contribution >= 4 is 11.7 Å². The van der Waals surface area contributed by atoms with Gasteiger partial charge in [-0.25, -0.2) is 4.79 Å². The van der Waals surface area contributed by atoms with E-state index in [1.165, 1.54) is 0 Å². The minimum atomic E-state index is -0.107. The molecule has 0 aliphatic heterocycles. The molecule has 3 N–H and O–H groups in total. The zero-order chi connectivity index (χ0) is 12.7. The number of Topliss-reactive ketones (excluding diaryl/α,β-unsaturated/α-hetero) is 1. The lowest BCUT2D eigenvalue weighted by molar-refractivity contribution is -0.306. The zero-order valence-electron chi connectivity index (χ0n) is 10.3. The Morgan fingerprint density at radius 2 is 2.24 bits per heavy atom. The van der Waals surface area contributed by atoms with Crippen LogP contribution in [0.25, 0.3) is 0 Å². The van der Waals surface area contributed by atoms with Gasteiger partial charge in [-0.15, -0.1) is 0 Å². The highest BCUT2D eigenvalue weighted by molar-refractivity contribution is 5.75. The molecule has 0 aromatic rings. The van der Waals surface area contributed by atoms with Crippen molar-refractivity contribution < 1.29 is 20.1 Å². The van der Waals surface area contributed by atoms with E-state index < -0.39 is 0 Å². The van der Waals surface area contributed by atoms with Gasteiger partial charge in [0.1, 0.15) is 18.1 Å². The van der Waals surface area contributed by atoms with Crippen molar-refractivity contribution in [2.45, 2.75) is 32.6 Å². The number of hydrogen-bond acceptors (Lipinski definition) is 3. The summed E-state index contributed by atoms with van der Waals surface area (Å²) in [6, 6.07) is 0. The summed E-state index contributed by atoms with van der Waals surface area (Å²) >= 11 is 0. The topological polar surface area (TPSA) is 71.0 Å². The molecule has 0 heterocycles. The van der Waals surface area contributed by atoms with E-state index in [1.54, 1.807) is 6.92 Å². The molecule has 1 aliphatic carbocycles. The molecule has 1 atom stereocenters. The molecule has 0 aromatic carbocycles. The van der Waals surface area contributed by atoms with E-state index in [9.17, 15) is 9.59 Å². The van der Waals surface area contributed by atoms with Gasteiger partial charge in [-0.1, -0.05) is 6.08 Å². The van der Waals surface area contributed by atoms with Crippen LogP contribution < -0.4 is 5.73 Å². The van der Waals surface area contributed by atoms with E-state index in [4.69, 9.17) is 4.74 Å². The van der Waals surface area contributed by atoms with Crippen molar-refractivity contribution in [3.05, 3.63) is 24.0 Å². The molecule has 17 heavy (non-hydrogen) atoms. The predicted molar refractivity (Wildman–Crippen MR) is 63.7 cm³/mol. The van der Waals surface area contributed by atoms with Gasteiger partial charge in [-0.05, 0) is 37.8 Å². The lowest BCUT2D eigenvalue weighted by Gasteiger charge is -2.15. The number of carbonyl (C=O) groups excluding carboxylic acids is 2. The van der Waals surface area contributed by atoms with Crippen LogP contribution >= 0.6 is 0 Å². The summed E-state index contributed by atoms with van der Waals surface area (Å²) in [7, 11) is 0. The molecule has 1 rings (SSSR count). The third-order valence-corrected chi connectivity index (χ3v) is 2.67. The second-order valence-corrected chi connectivity index (χ2v) is 4.34. The van der Waals surface area contributed by atoms with Crippen molar-refractivity contribution in [2.75, 3.05) is 6.61 Å². The van der Waals surface area contributed by atoms with Gasteiger partial charge < -0.3 is 9.53 Å². The summed E-state index contributed by atoms with van der Waals surface area (Å²) in [5.74, 6) is 1.37. The highest BCUT2D eigenvalue weighted by Gasteiger charge is 2.10. The third kappa shape index (κ3) is 6.02. The Morgan fingerprint density at radius 3 is 2.76 bits per heavy atom. The molecule has 4 nitrogen and oxygen atoms in total. The molecular formula is C13H20NO3+. The molecule has 1 amide bonds. The van der Waals surface area contributed by atoms with Crippen molar-refractivity contribution in [2.24, 2.45) is 5.92 Å². The molecule has 94 valence electrons. The van der Waals surface area contributed by atoms with Gasteiger partial charge >= 0.3 is 5.91 Å². The normalized spacial score (nSPS) is 18.7. The fraction of sp³-hybridized carbons (Fsp3) is 0.538. The van der Waals surface area contributed by atoms with E-state index in [-0.39, 0.29) is 11.7 Å². The van der Waals surface area contributed by atoms with Crippen LogP contribution in [0, 0.1) is 5.92 Å². The monoisotopic (exact) mass is 238 g/mol. The van der Waals surface area contributed by atoms with Crippen LogP contribution in [0.4, 0.5) is 0 Å². The Hall–Kier alpha value is -1.42. The first-order valence-electron chi connectivity index (χ1n) is 5.93. The number of amides is 1. The van der Waals surface area contributed by atoms with Gasteiger partial charge in [-0.2, -0.15) is 0 Å². The average molecular weight is 238 g/mol. The van der Waals surface area contributed by atoms with Crippen LogP contribution in [0.2, 0.25) is 0 Å². The van der Waals surface area contributed by atoms with E-state index in [1.807, 2.05) is 12.2 Å². The lowest BCUT2D eigenvalue weighted by Crippen LogP contribution is -2.57. The Labute approximate surface area is 102 Å². The minimum absolute atomic E-state index is 0.107. The van der Waals surface area contributed by atoms with Crippen LogP contribution in [0.1, 0.15) is 32.6 Å². The molecule has 1 aliphatic rings. The maximum atomic E-state index is 10.9. The molecule has 0 spiro atoms. The number of ketones is 1.